The number of hydrogen-bond donors (Lipinski definition) is 0. The topological polar surface area (TPSA) is 3.24 Å². The van der Waals surface area contributed by atoms with Crippen LogP contribution in [0, 0.1) is 17.7 Å². The van der Waals surface area contributed by atoms with E-state index in [1.165, 1.54) is 23.1 Å². The highest BCUT2D eigenvalue weighted by Gasteiger charge is 2.31. The lowest BCUT2D eigenvalue weighted by molar-refractivity contribution is 0.392. The molecule has 3 aromatic rings. The average molecular weight is 439 g/mol. The van der Waals surface area contributed by atoms with Crippen molar-refractivity contribution in [2.24, 2.45) is 10.8 Å². The SMILES string of the molecule is [2H]c1c([2H])c(N(c2cc(Cl)cc(C([2H])([2H])[2H])c2)c2c([2H])c([2H])c3c(c2[2H])CC(C)(C)C3)c([2H])c2c1CC(C)(C)C2. The molecule has 0 aromatic heterocycles. The van der Waals surface area contributed by atoms with Crippen molar-refractivity contribution in [2.75, 3.05) is 4.90 Å². The summed E-state index contributed by atoms with van der Waals surface area (Å²) in [6.07, 6.45) is 2.15. The quantitative estimate of drug-likeness (QED) is 0.397. The normalized spacial score (nSPS) is 22.5. The first-order chi connectivity index (χ1) is 18.3. The van der Waals surface area contributed by atoms with Crippen molar-refractivity contribution < 1.29 is 12.3 Å². The number of anilines is 3. The van der Waals surface area contributed by atoms with Gasteiger partial charge in [-0.1, -0.05) is 51.4 Å². The van der Waals surface area contributed by atoms with Crippen LogP contribution in [0.4, 0.5) is 17.1 Å². The summed E-state index contributed by atoms with van der Waals surface area (Å²) in [6, 6.07) is 3.64. The first-order valence-electron chi connectivity index (χ1n) is 15.2. The van der Waals surface area contributed by atoms with E-state index in [2.05, 4.69) is 0 Å². The maximum atomic E-state index is 9.25. The highest BCUT2D eigenvalue weighted by atomic mass is 35.5. The molecule has 2 heteroatoms. The number of hydrogen-bond acceptors (Lipinski definition) is 1. The van der Waals surface area contributed by atoms with Gasteiger partial charge in [-0.05, 0) is 114 Å². The molecule has 0 bridgehead atoms. The van der Waals surface area contributed by atoms with Crippen LogP contribution in [0.2, 0.25) is 5.02 Å². The molecule has 0 spiro atoms. The summed E-state index contributed by atoms with van der Waals surface area (Å²) in [6.45, 7) is 5.67. The zero-order chi connectivity index (χ0) is 29.7. The average Bonchev–Trinajstić information content (AvgIpc) is 3.35. The predicted octanol–water partition coefficient (Wildman–Crippen LogP) is 8.37. The van der Waals surface area contributed by atoms with Crippen molar-refractivity contribution in [3.63, 3.8) is 0 Å². The van der Waals surface area contributed by atoms with Crippen LogP contribution in [0.5, 0.6) is 0 Å². The number of nitrogens with zero attached hydrogens (tertiary/aromatic N) is 1. The maximum Gasteiger partial charge on any atom is 0.0648 e. The number of benzene rings is 3. The van der Waals surface area contributed by atoms with Crippen molar-refractivity contribution in [1.29, 1.82) is 0 Å². The summed E-state index contributed by atoms with van der Waals surface area (Å²) in [5.41, 5.74) is 2.21. The second kappa shape index (κ2) is 7.14. The van der Waals surface area contributed by atoms with Gasteiger partial charge in [0.05, 0.1) is 8.22 Å². The van der Waals surface area contributed by atoms with E-state index < -0.39 is 6.85 Å². The van der Waals surface area contributed by atoms with E-state index >= 15 is 0 Å². The smallest absolute Gasteiger partial charge is 0.0648 e. The molecule has 0 saturated heterocycles. The van der Waals surface area contributed by atoms with E-state index in [9.17, 15) is 2.74 Å². The van der Waals surface area contributed by atoms with Gasteiger partial charge in [0.2, 0.25) is 0 Å². The molecule has 0 N–H and O–H groups in total. The molecule has 5 rings (SSSR count). The third-order valence-electron chi connectivity index (χ3n) is 6.14. The molecule has 0 radical (unpaired) electrons. The molecule has 0 saturated carbocycles. The van der Waals surface area contributed by atoms with Gasteiger partial charge in [0.15, 0.2) is 0 Å². The molecule has 160 valence electrons. The van der Waals surface area contributed by atoms with Crippen molar-refractivity contribution in [3.05, 3.63) is 87.3 Å². The number of rotatable bonds is 3. The minimum Gasteiger partial charge on any atom is -0.310 e. The van der Waals surface area contributed by atoms with Crippen molar-refractivity contribution in [2.45, 2.75) is 60.2 Å². The lowest BCUT2D eigenvalue weighted by Gasteiger charge is -2.27. The molecule has 2 aliphatic carbocycles. The van der Waals surface area contributed by atoms with Crippen LogP contribution < -0.4 is 4.90 Å². The van der Waals surface area contributed by atoms with E-state index in [4.69, 9.17) is 21.2 Å². The van der Waals surface area contributed by atoms with Gasteiger partial charge in [-0.2, -0.15) is 0 Å². The van der Waals surface area contributed by atoms with Gasteiger partial charge < -0.3 is 4.90 Å². The standard InChI is InChI=1S/C29H32ClN/c1-19-10-24(30)14-27(11-19)31(25-8-6-20-15-28(2,3)17-22(20)12-25)26-9-7-21-16-29(4,5)18-23(21)13-26/h6-14H,15-18H2,1-5H3/i1D3,6D,7D,8D,9D,12D,13D. The minimum atomic E-state index is -2.52. The predicted molar refractivity (Wildman–Crippen MR) is 133 cm³/mol. The summed E-state index contributed by atoms with van der Waals surface area (Å²) < 4.78 is 78.3. The number of aryl methyl sites for hydroxylation is 1. The fourth-order valence-electron chi connectivity index (χ4n) is 4.86. The Labute approximate surface area is 204 Å². The molecule has 3 aromatic carbocycles. The van der Waals surface area contributed by atoms with Gasteiger partial charge in [-0.3, -0.25) is 0 Å². The number of fused-ring (bicyclic) bond motifs is 2. The summed E-state index contributed by atoms with van der Waals surface area (Å²) in [4.78, 5) is 1.36. The van der Waals surface area contributed by atoms with Crippen molar-refractivity contribution in [1.82, 2.24) is 0 Å². The van der Waals surface area contributed by atoms with Gasteiger partial charge in [0.1, 0.15) is 0 Å². The Balaban J connectivity index is 1.90. The van der Waals surface area contributed by atoms with Gasteiger partial charge in [-0.15, -0.1) is 0 Å². The molecule has 1 nitrogen and oxygen atoms in total. The Kier molecular flexibility index (Phi) is 2.92. The van der Waals surface area contributed by atoms with Crippen LogP contribution in [0.1, 0.15) is 67.8 Å². The Morgan fingerprint density at radius 2 is 1.26 bits per heavy atom. The molecular weight excluding hydrogens is 398 g/mol. The number of halogens is 1. The first-order valence-corrected chi connectivity index (χ1v) is 11.0. The van der Waals surface area contributed by atoms with Crippen LogP contribution in [0.25, 0.3) is 0 Å². The summed E-state index contributed by atoms with van der Waals surface area (Å²) in [5, 5.41) is 0.103. The van der Waals surface area contributed by atoms with Crippen molar-refractivity contribution in [3.8, 4) is 0 Å². The van der Waals surface area contributed by atoms with Crippen LogP contribution >= 0.6 is 11.6 Å². The zero-order valence-electron chi connectivity index (χ0n) is 27.4. The third kappa shape index (κ3) is 4.01. The molecular formula is C29H32ClN. The Morgan fingerprint density at radius 3 is 1.77 bits per heavy atom. The largest absolute Gasteiger partial charge is 0.310 e. The van der Waals surface area contributed by atoms with Crippen LogP contribution in [-0.4, -0.2) is 0 Å². The van der Waals surface area contributed by atoms with Gasteiger partial charge >= 0.3 is 0 Å². The molecule has 0 aliphatic heterocycles. The molecule has 31 heavy (non-hydrogen) atoms. The maximum absolute atomic E-state index is 9.25. The third-order valence-corrected chi connectivity index (χ3v) is 6.36. The fraction of sp³-hybridized carbons (Fsp3) is 0.379. The molecule has 0 unspecified atom stereocenters. The molecule has 2 aliphatic rings. The van der Waals surface area contributed by atoms with Gasteiger partial charge in [0, 0.05) is 26.2 Å². The Morgan fingerprint density at radius 1 is 0.742 bits per heavy atom. The summed E-state index contributed by atoms with van der Waals surface area (Å²) in [7, 11) is 0. The zero-order valence-corrected chi connectivity index (χ0v) is 19.1. The first kappa shape index (κ1) is 12.7. The molecule has 0 atom stereocenters. The lowest BCUT2D eigenvalue weighted by Crippen LogP contribution is -2.11. The van der Waals surface area contributed by atoms with E-state index in [1.54, 1.807) is 0 Å². The second-order valence-corrected chi connectivity index (χ2v) is 10.9. The minimum absolute atomic E-state index is 0.00291. The Bertz CT molecular complexity index is 1490. The van der Waals surface area contributed by atoms with Crippen LogP contribution in [-0.2, 0) is 25.7 Å². The van der Waals surface area contributed by atoms with Crippen molar-refractivity contribution >= 4 is 28.7 Å². The van der Waals surface area contributed by atoms with Gasteiger partial charge in [-0.25, -0.2) is 0 Å². The van der Waals surface area contributed by atoms with E-state index in [0.717, 1.165) is 0 Å². The van der Waals surface area contributed by atoms with Gasteiger partial charge in [0.25, 0.3) is 0 Å². The Hall–Kier alpha value is -2.25. The van der Waals surface area contributed by atoms with Crippen LogP contribution in [0.15, 0.2) is 54.5 Å². The molecule has 0 fully saturated rings. The summed E-state index contributed by atoms with van der Waals surface area (Å²) in [5.74, 6) is 0. The second-order valence-electron chi connectivity index (χ2n) is 10.4. The van der Waals surface area contributed by atoms with Crippen LogP contribution in [0.3, 0.4) is 0 Å². The monoisotopic (exact) mass is 438 g/mol. The van der Waals surface area contributed by atoms with E-state index in [-0.39, 0.29) is 74.7 Å². The van der Waals surface area contributed by atoms with E-state index in [0.29, 0.717) is 47.9 Å². The van der Waals surface area contributed by atoms with E-state index in [1.807, 2.05) is 27.7 Å². The highest BCUT2D eigenvalue weighted by molar-refractivity contribution is 6.31. The highest BCUT2D eigenvalue weighted by Crippen LogP contribution is 2.44. The fourth-order valence-corrected chi connectivity index (χ4v) is 5.09. The lowest BCUT2D eigenvalue weighted by atomic mass is 9.90. The molecule has 0 heterocycles. The summed E-state index contributed by atoms with van der Waals surface area (Å²) >= 11 is 6.42. The molecule has 0 amide bonds.